The number of aryl methyl sites for hydroxylation is 1. The molecule has 0 fully saturated rings. The quantitative estimate of drug-likeness (QED) is 0.755. The fraction of sp³-hybridized carbons (Fsp3) is 0.545. The zero-order valence-electron chi connectivity index (χ0n) is 9.84. The summed E-state index contributed by atoms with van der Waals surface area (Å²) in [5.41, 5.74) is -0.113. The summed E-state index contributed by atoms with van der Waals surface area (Å²) in [5.74, 6) is 0.271. The van der Waals surface area contributed by atoms with Gasteiger partial charge in [-0.2, -0.15) is 5.26 Å². The van der Waals surface area contributed by atoms with Gasteiger partial charge in [0.05, 0.1) is 12.0 Å². The fourth-order valence-electron chi connectivity index (χ4n) is 1.48. The molecule has 86 valence electrons. The van der Waals surface area contributed by atoms with E-state index >= 15 is 0 Å². The minimum Gasteiger partial charge on any atom is -0.354 e. The van der Waals surface area contributed by atoms with Gasteiger partial charge in [0, 0.05) is 32.5 Å². The monoisotopic (exact) mass is 220 g/mol. The molecule has 0 spiro atoms. The van der Waals surface area contributed by atoms with E-state index in [9.17, 15) is 4.79 Å². The second-order valence-electron chi connectivity index (χ2n) is 3.75. The Labute approximate surface area is 94.9 Å². The van der Waals surface area contributed by atoms with Crippen molar-refractivity contribution in [3.05, 3.63) is 22.7 Å². The maximum atomic E-state index is 11.9. The van der Waals surface area contributed by atoms with Crippen LogP contribution in [0, 0.1) is 17.2 Å². The molecule has 0 aromatic carbocycles. The molecule has 0 radical (unpaired) electrons. The summed E-state index contributed by atoms with van der Waals surface area (Å²) in [4.78, 5) is 17.7. The van der Waals surface area contributed by atoms with Crippen LogP contribution in [0.3, 0.4) is 0 Å². The van der Waals surface area contributed by atoms with Crippen LogP contribution >= 0.6 is 0 Å². The molecule has 5 heteroatoms. The molecule has 1 aromatic rings. The number of nitriles is 1. The maximum absolute atomic E-state index is 11.9. The first kappa shape index (κ1) is 12.2. The van der Waals surface area contributed by atoms with E-state index in [-0.39, 0.29) is 11.5 Å². The summed E-state index contributed by atoms with van der Waals surface area (Å²) < 4.78 is 1.59. The van der Waals surface area contributed by atoms with E-state index in [1.54, 1.807) is 28.9 Å². The number of hydrogen-bond donors (Lipinski definition) is 0. The standard InChI is InChI=1S/C11H16N4O/c1-4-15-6-5-13-10(11(15)16)14(3)8-9(2)7-12/h5-6,9H,4,8H2,1-3H3. The first-order valence-corrected chi connectivity index (χ1v) is 5.26. The highest BCUT2D eigenvalue weighted by Crippen LogP contribution is 2.04. The van der Waals surface area contributed by atoms with E-state index in [0.717, 1.165) is 0 Å². The van der Waals surface area contributed by atoms with Gasteiger partial charge in [-0.25, -0.2) is 4.98 Å². The Balaban J connectivity index is 2.97. The van der Waals surface area contributed by atoms with Gasteiger partial charge in [0.2, 0.25) is 0 Å². The molecule has 5 nitrogen and oxygen atoms in total. The van der Waals surface area contributed by atoms with Crippen LogP contribution in [-0.2, 0) is 6.54 Å². The van der Waals surface area contributed by atoms with Crippen LogP contribution in [0.4, 0.5) is 5.82 Å². The molecule has 0 bridgehead atoms. The molecular weight excluding hydrogens is 204 g/mol. The minimum absolute atomic E-state index is 0.113. The molecule has 1 heterocycles. The Bertz CT molecular complexity index is 446. The van der Waals surface area contributed by atoms with Crippen molar-refractivity contribution in [3.8, 4) is 6.07 Å². The molecule has 0 N–H and O–H groups in total. The Hall–Kier alpha value is -1.83. The third-order valence-corrected chi connectivity index (χ3v) is 2.37. The molecule has 0 saturated carbocycles. The van der Waals surface area contributed by atoms with Crippen LogP contribution < -0.4 is 10.5 Å². The van der Waals surface area contributed by atoms with Gasteiger partial charge in [0.25, 0.3) is 5.56 Å². The van der Waals surface area contributed by atoms with Crippen molar-refractivity contribution < 1.29 is 0 Å². The van der Waals surface area contributed by atoms with E-state index in [0.29, 0.717) is 18.9 Å². The van der Waals surface area contributed by atoms with Gasteiger partial charge < -0.3 is 9.47 Å². The highest BCUT2D eigenvalue weighted by Gasteiger charge is 2.11. The lowest BCUT2D eigenvalue weighted by molar-refractivity contribution is 0.679. The summed E-state index contributed by atoms with van der Waals surface area (Å²) in [6, 6.07) is 2.14. The van der Waals surface area contributed by atoms with Gasteiger partial charge in [0.15, 0.2) is 5.82 Å². The largest absolute Gasteiger partial charge is 0.354 e. The van der Waals surface area contributed by atoms with Crippen LogP contribution in [0.1, 0.15) is 13.8 Å². The minimum atomic E-state index is -0.124. The van der Waals surface area contributed by atoms with E-state index in [4.69, 9.17) is 5.26 Å². The lowest BCUT2D eigenvalue weighted by Gasteiger charge is -2.18. The number of anilines is 1. The molecular formula is C11H16N4O. The molecule has 16 heavy (non-hydrogen) atoms. The summed E-state index contributed by atoms with van der Waals surface area (Å²) in [6.07, 6.45) is 3.27. The summed E-state index contributed by atoms with van der Waals surface area (Å²) in [6.45, 7) is 4.85. The topological polar surface area (TPSA) is 61.9 Å². The maximum Gasteiger partial charge on any atom is 0.293 e. The number of hydrogen-bond acceptors (Lipinski definition) is 4. The Morgan fingerprint density at radius 2 is 2.38 bits per heavy atom. The lowest BCUT2D eigenvalue weighted by Crippen LogP contribution is -2.32. The van der Waals surface area contributed by atoms with Crippen LogP contribution in [0.15, 0.2) is 17.2 Å². The average Bonchev–Trinajstić information content (AvgIpc) is 2.29. The summed E-state index contributed by atoms with van der Waals surface area (Å²) >= 11 is 0. The zero-order chi connectivity index (χ0) is 12.1. The van der Waals surface area contributed by atoms with Gasteiger partial charge >= 0.3 is 0 Å². The summed E-state index contributed by atoms with van der Waals surface area (Å²) in [7, 11) is 1.78. The highest BCUT2D eigenvalue weighted by molar-refractivity contribution is 5.34. The van der Waals surface area contributed by atoms with Crippen LogP contribution in [0.2, 0.25) is 0 Å². The van der Waals surface area contributed by atoms with Crippen molar-refractivity contribution in [2.45, 2.75) is 20.4 Å². The summed E-state index contributed by atoms with van der Waals surface area (Å²) in [5, 5.41) is 8.72. The van der Waals surface area contributed by atoms with Gasteiger partial charge in [-0.15, -0.1) is 0 Å². The Morgan fingerprint density at radius 3 is 2.94 bits per heavy atom. The molecule has 0 aliphatic carbocycles. The van der Waals surface area contributed by atoms with Crippen molar-refractivity contribution in [1.29, 1.82) is 5.26 Å². The normalized spacial score (nSPS) is 11.9. The fourth-order valence-corrected chi connectivity index (χ4v) is 1.48. The first-order chi connectivity index (χ1) is 7.60. The number of rotatable bonds is 4. The molecule has 0 amide bonds. The van der Waals surface area contributed by atoms with Crippen LogP contribution in [0.5, 0.6) is 0 Å². The van der Waals surface area contributed by atoms with E-state index in [1.165, 1.54) is 0 Å². The van der Waals surface area contributed by atoms with Gasteiger partial charge in [-0.3, -0.25) is 4.79 Å². The van der Waals surface area contributed by atoms with Gasteiger partial charge in [-0.1, -0.05) is 0 Å². The molecule has 0 saturated heterocycles. The van der Waals surface area contributed by atoms with Gasteiger partial charge in [0.1, 0.15) is 0 Å². The predicted molar refractivity (Wildman–Crippen MR) is 62.2 cm³/mol. The van der Waals surface area contributed by atoms with Crippen molar-refractivity contribution in [1.82, 2.24) is 9.55 Å². The average molecular weight is 220 g/mol. The second kappa shape index (κ2) is 5.31. The number of nitrogens with zero attached hydrogens (tertiary/aromatic N) is 4. The van der Waals surface area contributed by atoms with Gasteiger partial charge in [-0.05, 0) is 13.8 Å². The van der Waals surface area contributed by atoms with E-state index in [1.807, 2.05) is 13.8 Å². The molecule has 0 aliphatic heterocycles. The van der Waals surface area contributed by atoms with E-state index < -0.39 is 0 Å². The molecule has 1 aromatic heterocycles. The third-order valence-electron chi connectivity index (χ3n) is 2.37. The van der Waals surface area contributed by atoms with Crippen molar-refractivity contribution in [2.75, 3.05) is 18.5 Å². The second-order valence-corrected chi connectivity index (χ2v) is 3.75. The molecule has 1 unspecified atom stereocenters. The number of aromatic nitrogens is 2. The highest BCUT2D eigenvalue weighted by atomic mass is 16.1. The smallest absolute Gasteiger partial charge is 0.293 e. The molecule has 1 rings (SSSR count). The van der Waals surface area contributed by atoms with Crippen molar-refractivity contribution >= 4 is 5.82 Å². The van der Waals surface area contributed by atoms with Crippen LogP contribution in [-0.4, -0.2) is 23.1 Å². The van der Waals surface area contributed by atoms with Crippen molar-refractivity contribution in [2.24, 2.45) is 5.92 Å². The van der Waals surface area contributed by atoms with E-state index in [2.05, 4.69) is 11.1 Å². The first-order valence-electron chi connectivity index (χ1n) is 5.26. The zero-order valence-corrected chi connectivity index (χ0v) is 9.84. The van der Waals surface area contributed by atoms with Crippen LogP contribution in [0.25, 0.3) is 0 Å². The SMILES string of the molecule is CCn1ccnc(N(C)CC(C)C#N)c1=O. The Morgan fingerprint density at radius 1 is 1.69 bits per heavy atom. The lowest BCUT2D eigenvalue weighted by atomic mass is 10.2. The van der Waals surface area contributed by atoms with Crippen molar-refractivity contribution in [3.63, 3.8) is 0 Å². The Kier molecular flexibility index (Phi) is 4.06. The molecule has 0 aliphatic rings. The molecule has 1 atom stereocenters. The third kappa shape index (κ3) is 2.60. The predicted octanol–water partition coefficient (Wildman–Crippen LogP) is 0.859.